The molecule has 0 atom stereocenters. The second-order valence-corrected chi connectivity index (χ2v) is 6.37. The van der Waals surface area contributed by atoms with E-state index in [2.05, 4.69) is 15.5 Å². The number of nitrogens with zero attached hydrogens (tertiary/aromatic N) is 3. The van der Waals surface area contributed by atoms with Crippen molar-refractivity contribution in [1.29, 1.82) is 0 Å². The Morgan fingerprint density at radius 1 is 1.32 bits per heavy atom. The molecule has 1 aromatic carbocycles. The summed E-state index contributed by atoms with van der Waals surface area (Å²) >= 11 is 0. The number of hydrogen-bond acceptors (Lipinski definition) is 5. The third kappa shape index (κ3) is 3.35. The van der Waals surface area contributed by atoms with Crippen molar-refractivity contribution >= 4 is 17.1 Å². The molecule has 0 spiro atoms. The summed E-state index contributed by atoms with van der Waals surface area (Å²) in [5.74, 6) is 1.78. The summed E-state index contributed by atoms with van der Waals surface area (Å²) < 4.78 is 10.9. The average molecular weight is 340 g/mol. The molecule has 3 aromatic rings. The second kappa shape index (κ2) is 6.58. The molecule has 0 aliphatic carbocycles. The maximum Gasteiger partial charge on any atom is 0.317 e. The Morgan fingerprint density at radius 3 is 2.84 bits per heavy atom. The van der Waals surface area contributed by atoms with E-state index in [4.69, 9.17) is 8.94 Å². The molecular weight excluding hydrogens is 320 g/mol. The van der Waals surface area contributed by atoms with Crippen LogP contribution in [0.4, 0.5) is 4.79 Å². The Hall–Kier alpha value is -2.83. The number of hydrogen-bond donors (Lipinski definition) is 1. The molecule has 2 aromatic heterocycles. The predicted molar refractivity (Wildman–Crippen MR) is 91.0 cm³/mol. The molecule has 0 bridgehead atoms. The first-order valence-electron chi connectivity index (χ1n) is 8.49. The number of amides is 2. The first kappa shape index (κ1) is 15.7. The number of aryl methyl sites for hydroxylation is 1. The SMILES string of the molecule is Cc1cc(CNC(=O)N2CCC(c3nc4ccccc4o3)CC2)no1. The number of aromatic nitrogens is 2. The number of benzene rings is 1. The van der Waals surface area contributed by atoms with Gasteiger partial charge < -0.3 is 19.2 Å². The lowest BCUT2D eigenvalue weighted by molar-refractivity contribution is 0.177. The molecule has 2 amide bonds. The van der Waals surface area contributed by atoms with Crippen molar-refractivity contribution < 1.29 is 13.7 Å². The van der Waals surface area contributed by atoms with Crippen molar-refractivity contribution in [2.45, 2.75) is 32.2 Å². The normalized spacial score (nSPS) is 15.6. The number of piperidine rings is 1. The van der Waals surface area contributed by atoms with Crippen molar-refractivity contribution in [3.8, 4) is 0 Å². The van der Waals surface area contributed by atoms with E-state index in [9.17, 15) is 4.79 Å². The Morgan fingerprint density at radius 2 is 2.12 bits per heavy atom. The summed E-state index contributed by atoms with van der Waals surface area (Å²) in [5.41, 5.74) is 2.44. The van der Waals surface area contributed by atoms with E-state index in [0.29, 0.717) is 19.6 Å². The van der Waals surface area contributed by atoms with E-state index in [1.807, 2.05) is 42.2 Å². The third-order valence-corrected chi connectivity index (χ3v) is 4.54. The van der Waals surface area contributed by atoms with Gasteiger partial charge in [0.25, 0.3) is 0 Å². The Labute approximate surface area is 145 Å². The predicted octanol–water partition coefficient (Wildman–Crippen LogP) is 3.21. The van der Waals surface area contributed by atoms with Gasteiger partial charge in [-0.25, -0.2) is 9.78 Å². The summed E-state index contributed by atoms with van der Waals surface area (Å²) in [6, 6.07) is 9.53. The molecule has 1 aliphatic rings. The summed E-state index contributed by atoms with van der Waals surface area (Å²) in [6.07, 6.45) is 1.70. The van der Waals surface area contributed by atoms with E-state index in [1.54, 1.807) is 0 Å². The van der Waals surface area contributed by atoms with Crippen LogP contribution in [0.1, 0.15) is 36.1 Å². The summed E-state index contributed by atoms with van der Waals surface area (Å²) in [7, 11) is 0. The molecular formula is C18H20N4O3. The molecule has 130 valence electrons. The highest BCUT2D eigenvalue weighted by Gasteiger charge is 2.27. The highest BCUT2D eigenvalue weighted by Crippen LogP contribution is 2.29. The Balaban J connectivity index is 1.32. The van der Waals surface area contributed by atoms with Crippen LogP contribution in [0.5, 0.6) is 0 Å². The molecule has 4 rings (SSSR count). The van der Waals surface area contributed by atoms with Crippen molar-refractivity contribution in [2.24, 2.45) is 0 Å². The van der Waals surface area contributed by atoms with Gasteiger partial charge in [0.1, 0.15) is 17.0 Å². The van der Waals surface area contributed by atoms with Crippen molar-refractivity contribution in [3.63, 3.8) is 0 Å². The van der Waals surface area contributed by atoms with Gasteiger partial charge in [-0.05, 0) is 31.9 Å². The monoisotopic (exact) mass is 340 g/mol. The molecule has 1 saturated heterocycles. The molecule has 1 aliphatic heterocycles. The van der Waals surface area contributed by atoms with Crippen LogP contribution in [0.3, 0.4) is 0 Å². The van der Waals surface area contributed by atoms with Crippen molar-refractivity contribution in [1.82, 2.24) is 20.4 Å². The highest BCUT2D eigenvalue weighted by atomic mass is 16.5. The first-order chi connectivity index (χ1) is 12.2. The molecule has 25 heavy (non-hydrogen) atoms. The number of para-hydroxylation sites is 2. The fourth-order valence-corrected chi connectivity index (χ4v) is 3.17. The van der Waals surface area contributed by atoms with Gasteiger partial charge >= 0.3 is 6.03 Å². The quantitative estimate of drug-likeness (QED) is 0.791. The molecule has 1 fully saturated rings. The van der Waals surface area contributed by atoms with Gasteiger partial charge in [0.05, 0.1) is 6.54 Å². The number of carbonyl (C=O) groups excluding carboxylic acids is 1. The van der Waals surface area contributed by atoms with E-state index in [0.717, 1.165) is 41.3 Å². The zero-order valence-corrected chi connectivity index (χ0v) is 14.1. The van der Waals surface area contributed by atoms with Crippen LogP contribution < -0.4 is 5.32 Å². The van der Waals surface area contributed by atoms with Gasteiger partial charge in [0.15, 0.2) is 11.5 Å². The largest absolute Gasteiger partial charge is 0.440 e. The Kier molecular flexibility index (Phi) is 4.13. The number of likely N-dealkylation sites (tertiary alicyclic amines) is 1. The van der Waals surface area contributed by atoms with Crippen LogP contribution in [0.15, 0.2) is 39.3 Å². The van der Waals surface area contributed by atoms with Crippen LogP contribution in [0, 0.1) is 6.92 Å². The number of fused-ring (bicyclic) bond motifs is 1. The van der Waals surface area contributed by atoms with Crippen LogP contribution in [0.2, 0.25) is 0 Å². The number of urea groups is 1. The summed E-state index contributed by atoms with van der Waals surface area (Å²) in [5, 5.41) is 6.76. The maximum absolute atomic E-state index is 12.3. The molecule has 3 heterocycles. The van der Waals surface area contributed by atoms with Crippen molar-refractivity contribution in [2.75, 3.05) is 13.1 Å². The molecule has 0 radical (unpaired) electrons. The van der Waals surface area contributed by atoms with Gasteiger partial charge in [-0.15, -0.1) is 0 Å². The van der Waals surface area contributed by atoms with Gasteiger partial charge in [0, 0.05) is 25.1 Å². The average Bonchev–Trinajstić information content (AvgIpc) is 3.25. The van der Waals surface area contributed by atoms with Crippen molar-refractivity contribution in [3.05, 3.63) is 47.7 Å². The molecule has 7 heteroatoms. The fourth-order valence-electron chi connectivity index (χ4n) is 3.17. The zero-order valence-electron chi connectivity index (χ0n) is 14.1. The first-order valence-corrected chi connectivity index (χ1v) is 8.49. The van der Waals surface area contributed by atoms with Crippen LogP contribution in [-0.2, 0) is 6.54 Å². The fraction of sp³-hybridized carbons (Fsp3) is 0.389. The maximum atomic E-state index is 12.3. The smallest absolute Gasteiger partial charge is 0.317 e. The lowest BCUT2D eigenvalue weighted by Crippen LogP contribution is -2.43. The van der Waals surface area contributed by atoms with Gasteiger partial charge in [-0.3, -0.25) is 0 Å². The lowest BCUT2D eigenvalue weighted by atomic mass is 9.97. The van der Waals surface area contributed by atoms with Gasteiger partial charge in [0.2, 0.25) is 0 Å². The van der Waals surface area contributed by atoms with Gasteiger partial charge in [-0.2, -0.15) is 0 Å². The number of oxazole rings is 1. The minimum Gasteiger partial charge on any atom is -0.440 e. The number of rotatable bonds is 3. The van der Waals surface area contributed by atoms with E-state index >= 15 is 0 Å². The molecule has 1 N–H and O–H groups in total. The summed E-state index contributed by atoms with van der Waals surface area (Å²) in [4.78, 5) is 18.7. The van der Waals surface area contributed by atoms with E-state index < -0.39 is 0 Å². The zero-order chi connectivity index (χ0) is 17.2. The Bertz CT molecular complexity index is 844. The van der Waals surface area contributed by atoms with Crippen LogP contribution >= 0.6 is 0 Å². The molecule has 0 unspecified atom stereocenters. The third-order valence-electron chi connectivity index (χ3n) is 4.54. The lowest BCUT2D eigenvalue weighted by Gasteiger charge is -2.30. The minimum absolute atomic E-state index is 0.0725. The number of carbonyl (C=O) groups is 1. The number of nitrogens with one attached hydrogen (secondary N) is 1. The van der Waals surface area contributed by atoms with E-state index in [-0.39, 0.29) is 11.9 Å². The summed E-state index contributed by atoms with van der Waals surface area (Å²) in [6.45, 7) is 3.58. The second-order valence-electron chi connectivity index (χ2n) is 6.37. The molecule has 0 saturated carbocycles. The highest BCUT2D eigenvalue weighted by molar-refractivity contribution is 5.74. The molecule has 7 nitrogen and oxygen atoms in total. The van der Waals surface area contributed by atoms with Crippen LogP contribution in [-0.4, -0.2) is 34.2 Å². The van der Waals surface area contributed by atoms with Crippen LogP contribution in [0.25, 0.3) is 11.1 Å². The standard InChI is InChI=1S/C18H20N4O3/c1-12-10-14(21-25-12)11-19-18(23)22-8-6-13(7-9-22)17-20-15-4-2-3-5-16(15)24-17/h2-5,10,13H,6-9,11H2,1H3,(H,19,23). The topological polar surface area (TPSA) is 84.4 Å². The van der Waals surface area contributed by atoms with Gasteiger partial charge in [-0.1, -0.05) is 17.3 Å². The minimum atomic E-state index is -0.0725. The van der Waals surface area contributed by atoms with E-state index in [1.165, 1.54) is 0 Å².